The minimum absolute atomic E-state index is 0.321. The summed E-state index contributed by atoms with van der Waals surface area (Å²) in [6.07, 6.45) is 0. The fraction of sp³-hybridized carbons (Fsp3) is 0.467. The van der Waals surface area contributed by atoms with Gasteiger partial charge in [-0.25, -0.2) is 4.79 Å². The summed E-state index contributed by atoms with van der Waals surface area (Å²) in [4.78, 5) is 23.8. The molecule has 0 radical (unpaired) electrons. The Morgan fingerprint density at radius 1 is 1.30 bits per heavy atom. The van der Waals surface area contributed by atoms with E-state index in [2.05, 4.69) is 5.32 Å². The number of aryl methyl sites for hydroxylation is 1. The number of carbonyl (C=O) groups excluding carboxylic acids is 2. The Labute approximate surface area is 119 Å². The molecule has 1 rings (SSSR count). The van der Waals surface area contributed by atoms with Gasteiger partial charge in [0, 0.05) is 0 Å². The lowest BCUT2D eigenvalue weighted by Gasteiger charge is -2.26. The number of methoxy groups -OCH3 is 1. The smallest absolute Gasteiger partial charge is 0.339 e. The van der Waals surface area contributed by atoms with Crippen molar-refractivity contribution >= 4 is 17.6 Å². The van der Waals surface area contributed by atoms with Gasteiger partial charge in [0.15, 0.2) is 0 Å². The number of anilines is 1. The Bertz CT molecular complexity index is 518. The van der Waals surface area contributed by atoms with E-state index in [0.29, 0.717) is 11.3 Å². The van der Waals surface area contributed by atoms with Gasteiger partial charge in [0.25, 0.3) is 0 Å². The molecule has 1 unspecified atom stereocenters. The second-order valence-electron chi connectivity index (χ2n) is 5.87. The molecular formula is C15H22N2O3. The SMILES string of the molecule is COC(=O)c1cc(C)ccc1NC(=O)C(N)C(C)(C)C. The zero-order valence-corrected chi connectivity index (χ0v) is 12.6. The molecule has 0 bridgehead atoms. The maximum atomic E-state index is 12.1. The summed E-state index contributed by atoms with van der Waals surface area (Å²) >= 11 is 0. The average Bonchev–Trinajstić information content (AvgIpc) is 2.37. The molecule has 5 heteroatoms. The molecule has 1 aromatic carbocycles. The first-order valence-corrected chi connectivity index (χ1v) is 6.42. The highest BCUT2D eigenvalue weighted by molar-refractivity contribution is 6.03. The maximum absolute atomic E-state index is 12.1. The Morgan fingerprint density at radius 2 is 1.90 bits per heavy atom. The fourth-order valence-corrected chi connectivity index (χ4v) is 1.65. The average molecular weight is 278 g/mol. The number of benzene rings is 1. The maximum Gasteiger partial charge on any atom is 0.339 e. The first kappa shape index (κ1) is 16.2. The lowest BCUT2D eigenvalue weighted by Crippen LogP contribution is -2.45. The predicted octanol–water partition coefficient (Wildman–Crippen LogP) is 2.09. The molecule has 1 atom stereocenters. The van der Waals surface area contributed by atoms with Crippen molar-refractivity contribution < 1.29 is 14.3 Å². The van der Waals surface area contributed by atoms with Crippen molar-refractivity contribution in [1.82, 2.24) is 0 Å². The summed E-state index contributed by atoms with van der Waals surface area (Å²) in [7, 11) is 1.30. The van der Waals surface area contributed by atoms with E-state index in [1.54, 1.807) is 12.1 Å². The number of esters is 1. The van der Waals surface area contributed by atoms with Crippen LogP contribution in [0.4, 0.5) is 5.69 Å². The lowest BCUT2D eigenvalue weighted by molar-refractivity contribution is -0.119. The van der Waals surface area contributed by atoms with E-state index in [4.69, 9.17) is 10.5 Å². The topological polar surface area (TPSA) is 81.4 Å². The molecule has 1 aromatic rings. The van der Waals surface area contributed by atoms with Crippen LogP contribution in [-0.4, -0.2) is 25.0 Å². The van der Waals surface area contributed by atoms with E-state index in [9.17, 15) is 9.59 Å². The Balaban J connectivity index is 3.04. The van der Waals surface area contributed by atoms with Crippen LogP contribution in [0.2, 0.25) is 0 Å². The summed E-state index contributed by atoms with van der Waals surface area (Å²) in [5.74, 6) is -0.820. The first-order valence-electron chi connectivity index (χ1n) is 6.42. The molecule has 0 saturated heterocycles. The number of amides is 1. The predicted molar refractivity (Wildman–Crippen MR) is 78.6 cm³/mol. The highest BCUT2D eigenvalue weighted by atomic mass is 16.5. The number of rotatable bonds is 3. The molecular weight excluding hydrogens is 256 g/mol. The van der Waals surface area contributed by atoms with Crippen LogP contribution in [0.15, 0.2) is 18.2 Å². The second kappa shape index (κ2) is 6.05. The second-order valence-corrected chi connectivity index (χ2v) is 5.87. The Kier molecular flexibility index (Phi) is 4.89. The van der Waals surface area contributed by atoms with Crippen molar-refractivity contribution in [2.45, 2.75) is 33.7 Å². The number of hydrogen-bond donors (Lipinski definition) is 2. The number of hydrogen-bond acceptors (Lipinski definition) is 4. The standard InChI is InChI=1S/C15H22N2O3/c1-9-6-7-11(10(8-9)14(19)20-5)17-13(18)12(16)15(2,3)4/h6-8,12H,16H2,1-5H3,(H,17,18). The number of nitrogens with one attached hydrogen (secondary N) is 1. The van der Waals surface area contributed by atoms with Crippen molar-refractivity contribution in [3.63, 3.8) is 0 Å². The number of carbonyl (C=O) groups is 2. The summed E-state index contributed by atoms with van der Waals surface area (Å²) in [5, 5.41) is 2.69. The molecule has 0 heterocycles. The van der Waals surface area contributed by atoms with E-state index in [-0.39, 0.29) is 11.3 Å². The van der Waals surface area contributed by atoms with E-state index >= 15 is 0 Å². The molecule has 0 spiro atoms. The van der Waals surface area contributed by atoms with E-state index in [0.717, 1.165) is 5.56 Å². The van der Waals surface area contributed by atoms with E-state index in [1.165, 1.54) is 7.11 Å². The molecule has 110 valence electrons. The van der Waals surface area contributed by atoms with Gasteiger partial charge in [-0.05, 0) is 24.5 Å². The summed E-state index contributed by atoms with van der Waals surface area (Å²) in [6, 6.07) is 4.48. The minimum atomic E-state index is -0.672. The molecule has 0 aliphatic rings. The van der Waals surface area contributed by atoms with Crippen molar-refractivity contribution in [2.75, 3.05) is 12.4 Å². The van der Waals surface area contributed by atoms with Crippen LogP contribution < -0.4 is 11.1 Å². The zero-order chi connectivity index (χ0) is 15.5. The van der Waals surface area contributed by atoms with Gasteiger partial charge in [0.2, 0.25) is 5.91 Å². The van der Waals surface area contributed by atoms with Crippen molar-refractivity contribution in [2.24, 2.45) is 11.1 Å². The zero-order valence-electron chi connectivity index (χ0n) is 12.6. The molecule has 5 nitrogen and oxygen atoms in total. The van der Waals surface area contributed by atoms with Crippen LogP contribution in [0.25, 0.3) is 0 Å². The number of ether oxygens (including phenoxy) is 1. The van der Waals surface area contributed by atoms with Gasteiger partial charge in [-0.2, -0.15) is 0 Å². The highest BCUT2D eigenvalue weighted by Gasteiger charge is 2.28. The third-order valence-corrected chi connectivity index (χ3v) is 3.05. The molecule has 20 heavy (non-hydrogen) atoms. The van der Waals surface area contributed by atoms with Gasteiger partial charge >= 0.3 is 5.97 Å². The monoisotopic (exact) mass is 278 g/mol. The summed E-state index contributed by atoms with van der Waals surface area (Å²) < 4.78 is 4.72. The molecule has 0 aliphatic heterocycles. The van der Waals surface area contributed by atoms with Crippen LogP contribution in [-0.2, 0) is 9.53 Å². The van der Waals surface area contributed by atoms with Gasteiger partial charge in [0.05, 0.1) is 24.4 Å². The molecule has 0 aromatic heterocycles. The van der Waals surface area contributed by atoms with E-state index < -0.39 is 12.0 Å². The summed E-state index contributed by atoms with van der Waals surface area (Å²) in [6.45, 7) is 7.51. The number of nitrogens with two attached hydrogens (primary N) is 1. The molecule has 1 amide bonds. The normalized spacial score (nSPS) is 12.7. The third-order valence-electron chi connectivity index (χ3n) is 3.05. The van der Waals surface area contributed by atoms with Crippen LogP contribution in [0.1, 0.15) is 36.7 Å². The Morgan fingerprint density at radius 3 is 2.40 bits per heavy atom. The molecule has 0 aliphatic carbocycles. The quantitative estimate of drug-likeness (QED) is 0.830. The summed E-state index contributed by atoms with van der Waals surface area (Å²) in [5.41, 5.74) is 7.18. The van der Waals surface area contributed by atoms with Crippen molar-refractivity contribution in [1.29, 1.82) is 0 Å². The van der Waals surface area contributed by atoms with Crippen LogP contribution in [0.3, 0.4) is 0 Å². The Hall–Kier alpha value is -1.88. The molecule has 3 N–H and O–H groups in total. The van der Waals surface area contributed by atoms with Gasteiger partial charge in [0.1, 0.15) is 0 Å². The van der Waals surface area contributed by atoms with Crippen LogP contribution in [0, 0.1) is 12.3 Å². The fourth-order valence-electron chi connectivity index (χ4n) is 1.65. The van der Waals surface area contributed by atoms with Crippen molar-refractivity contribution in [3.8, 4) is 0 Å². The van der Waals surface area contributed by atoms with Gasteiger partial charge in [-0.3, -0.25) is 4.79 Å². The van der Waals surface area contributed by atoms with Crippen molar-refractivity contribution in [3.05, 3.63) is 29.3 Å². The lowest BCUT2D eigenvalue weighted by atomic mass is 9.87. The van der Waals surface area contributed by atoms with Crippen LogP contribution >= 0.6 is 0 Å². The minimum Gasteiger partial charge on any atom is -0.465 e. The van der Waals surface area contributed by atoms with Gasteiger partial charge < -0.3 is 15.8 Å². The third kappa shape index (κ3) is 3.81. The molecule has 0 saturated carbocycles. The first-order chi connectivity index (χ1) is 9.16. The van der Waals surface area contributed by atoms with Gasteiger partial charge in [-0.15, -0.1) is 0 Å². The van der Waals surface area contributed by atoms with E-state index in [1.807, 2.05) is 33.8 Å². The largest absolute Gasteiger partial charge is 0.465 e. The highest BCUT2D eigenvalue weighted by Crippen LogP contribution is 2.22. The molecule has 0 fully saturated rings. The van der Waals surface area contributed by atoms with Gasteiger partial charge in [-0.1, -0.05) is 32.4 Å². The van der Waals surface area contributed by atoms with Crippen LogP contribution in [0.5, 0.6) is 0 Å².